The van der Waals surface area contributed by atoms with Crippen molar-refractivity contribution >= 4 is 0 Å². The molecular formula is C20H27NO2. The van der Waals surface area contributed by atoms with Crippen LogP contribution < -0.4 is 9.47 Å². The Bertz CT molecular complexity index is 606. The Morgan fingerprint density at radius 1 is 0.913 bits per heavy atom. The van der Waals surface area contributed by atoms with Crippen LogP contribution in [0.4, 0.5) is 0 Å². The quantitative estimate of drug-likeness (QED) is 0.733. The lowest BCUT2D eigenvalue weighted by molar-refractivity contribution is 0.284. The van der Waals surface area contributed by atoms with Gasteiger partial charge in [-0.2, -0.15) is 0 Å². The SMILES string of the molecule is COc1ccc(CCCN(C)C)cc1OCc1ccc(C)cc1. The normalized spacial score (nSPS) is 10.8. The van der Waals surface area contributed by atoms with E-state index < -0.39 is 0 Å². The molecule has 0 heterocycles. The van der Waals surface area contributed by atoms with Crippen LogP contribution in [0, 0.1) is 6.92 Å². The molecule has 0 spiro atoms. The largest absolute Gasteiger partial charge is 0.493 e. The van der Waals surface area contributed by atoms with E-state index in [1.807, 2.05) is 6.07 Å². The average molecular weight is 313 g/mol. The van der Waals surface area contributed by atoms with Gasteiger partial charge >= 0.3 is 0 Å². The molecule has 0 amide bonds. The molecule has 2 aromatic rings. The summed E-state index contributed by atoms with van der Waals surface area (Å²) in [7, 11) is 5.88. The average Bonchev–Trinajstić information content (AvgIpc) is 2.54. The summed E-state index contributed by atoms with van der Waals surface area (Å²) in [6.45, 7) is 3.73. The molecule has 0 bridgehead atoms. The highest BCUT2D eigenvalue weighted by molar-refractivity contribution is 5.43. The summed E-state index contributed by atoms with van der Waals surface area (Å²) in [5.41, 5.74) is 3.71. The zero-order valence-electron chi connectivity index (χ0n) is 14.6. The third-order valence-corrected chi connectivity index (χ3v) is 3.81. The van der Waals surface area contributed by atoms with Crippen molar-refractivity contribution in [1.29, 1.82) is 0 Å². The van der Waals surface area contributed by atoms with Crippen LogP contribution in [0.15, 0.2) is 42.5 Å². The summed E-state index contributed by atoms with van der Waals surface area (Å²) in [5.74, 6) is 1.60. The standard InChI is InChI=1S/C20H27NO2/c1-16-7-9-18(10-8-16)15-23-20-14-17(6-5-13-21(2)3)11-12-19(20)22-4/h7-12,14H,5-6,13,15H2,1-4H3. The minimum atomic E-state index is 0.553. The summed E-state index contributed by atoms with van der Waals surface area (Å²) in [6.07, 6.45) is 2.18. The van der Waals surface area contributed by atoms with E-state index >= 15 is 0 Å². The predicted octanol–water partition coefficient (Wildman–Crippen LogP) is 4.08. The molecule has 0 N–H and O–H groups in total. The van der Waals surface area contributed by atoms with Crippen LogP contribution in [0.25, 0.3) is 0 Å². The fraction of sp³-hybridized carbons (Fsp3) is 0.400. The Kier molecular flexibility index (Phi) is 6.48. The van der Waals surface area contributed by atoms with Gasteiger partial charge in [-0.1, -0.05) is 35.9 Å². The van der Waals surface area contributed by atoms with Gasteiger partial charge in [0, 0.05) is 0 Å². The first-order valence-electron chi connectivity index (χ1n) is 8.08. The third-order valence-electron chi connectivity index (χ3n) is 3.81. The van der Waals surface area contributed by atoms with Crippen molar-refractivity contribution in [3.05, 3.63) is 59.2 Å². The lowest BCUT2D eigenvalue weighted by Crippen LogP contribution is -2.13. The molecule has 0 saturated carbocycles. The Morgan fingerprint density at radius 2 is 1.61 bits per heavy atom. The molecule has 0 fully saturated rings. The van der Waals surface area contributed by atoms with E-state index in [-0.39, 0.29) is 0 Å². The van der Waals surface area contributed by atoms with Crippen molar-refractivity contribution < 1.29 is 9.47 Å². The first-order valence-corrected chi connectivity index (χ1v) is 8.08. The first kappa shape index (κ1) is 17.4. The smallest absolute Gasteiger partial charge is 0.161 e. The molecule has 23 heavy (non-hydrogen) atoms. The van der Waals surface area contributed by atoms with Crippen LogP contribution in [-0.4, -0.2) is 32.6 Å². The number of ether oxygens (including phenoxy) is 2. The predicted molar refractivity (Wildman–Crippen MR) is 95.4 cm³/mol. The highest BCUT2D eigenvalue weighted by Crippen LogP contribution is 2.29. The Morgan fingerprint density at radius 3 is 2.26 bits per heavy atom. The van der Waals surface area contributed by atoms with E-state index in [2.05, 4.69) is 62.3 Å². The highest BCUT2D eigenvalue weighted by Gasteiger charge is 2.07. The third kappa shape index (κ3) is 5.61. The number of methoxy groups -OCH3 is 1. The van der Waals surface area contributed by atoms with Crippen LogP contribution in [0.2, 0.25) is 0 Å². The topological polar surface area (TPSA) is 21.7 Å². The first-order chi connectivity index (χ1) is 11.1. The number of hydrogen-bond acceptors (Lipinski definition) is 3. The zero-order valence-corrected chi connectivity index (χ0v) is 14.6. The van der Waals surface area contributed by atoms with Crippen molar-refractivity contribution in [2.45, 2.75) is 26.4 Å². The molecule has 0 aliphatic rings. The van der Waals surface area contributed by atoms with Crippen molar-refractivity contribution in [2.75, 3.05) is 27.7 Å². The van der Waals surface area contributed by atoms with Gasteiger partial charge in [-0.05, 0) is 63.7 Å². The van der Waals surface area contributed by atoms with Gasteiger partial charge in [0.1, 0.15) is 6.61 Å². The number of benzene rings is 2. The van der Waals surface area contributed by atoms with Crippen molar-refractivity contribution in [3.8, 4) is 11.5 Å². The molecule has 0 aliphatic carbocycles. The van der Waals surface area contributed by atoms with Gasteiger partial charge in [-0.25, -0.2) is 0 Å². The number of aryl methyl sites for hydroxylation is 2. The molecule has 0 atom stereocenters. The molecule has 3 heteroatoms. The Balaban J connectivity index is 2.01. The lowest BCUT2D eigenvalue weighted by Gasteiger charge is -2.13. The van der Waals surface area contributed by atoms with Crippen molar-refractivity contribution in [2.24, 2.45) is 0 Å². The molecular weight excluding hydrogens is 286 g/mol. The van der Waals surface area contributed by atoms with E-state index in [1.165, 1.54) is 11.1 Å². The van der Waals surface area contributed by atoms with Crippen LogP contribution in [0.5, 0.6) is 11.5 Å². The van der Waals surface area contributed by atoms with E-state index in [9.17, 15) is 0 Å². The second-order valence-electron chi connectivity index (χ2n) is 6.17. The van der Waals surface area contributed by atoms with E-state index in [0.717, 1.165) is 36.4 Å². The van der Waals surface area contributed by atoms with E-state index in [0.29, 0.717) is 6.61 Å². The summed E-state index contributed by atoms with van der Waals surface area (Å²) < 4.78 is 11.4. The van der Waals surface area contributed by atoms with Crippen molar-refractivity contribution in [3.63, 3.8) is 0 Å². The number of nitrogens with zero attached hydrogens (tertiary/aromatic N) is 1. The van der Waals surface area contributed by atoms with Crippen LogP contribution in [0.1, 0.15) is 23.1 Å². The minimum Gasteiger partial charge on any atom is -0.493 e. The van der Waals surface area contributed by atoms with Gasteiger partial charge in [-0.3, -0.25) is 0 Å². The Labute approximate surface area is 139 Å². The number of rotatable bonds is 8. The summed E-state index contributed by atoms with van der Waals surface area (Å²) in [5, 5.41) is 0. The molecule has 2 rings (SSSR count). The molecule has 0 radical (unpaired) electrons. The minimum absolute atomic E-state index is 0.553. The van der Waals surface area contributed by atoms with E-state index in [4.69, 9.17) is 9.47 Å². The molecule has 0 aromatic heterocycles. The van der Waals surface area contributed by atoms with Crippen molar-refractivity contribution in [1.82, 2.24) is 4.90 Å². The molecule has 0 unspecified atom stereocenters. The second kappa shape index (κ2) is 8.59. The zero-order chi connectivity index (χ0) is 16.7. The fourth-order valence-electron chi connectivity index (χ4n) is 2.43. The lowest BCUT2D eigenvalue weighted by atomic mass is 10.1. The molecule has 0 saturated heterocycles. The summed E-state index contributed by atoms with van der Waals surface area (Å²) in [4.78, 5) is 2.21. The van der Waals surface area contributed by atoms with Gasteiger partial charge in [0.2, 0.25) is 0 Å². The van der Waals surface area contributed by atoms with Crippen LogP contribution >= 0.6 is 0 Å². The fourth-order valence-corrected chi connectivity index (χ4v) is 2.43. The van der Waals surface area contributed by atoms with Crippen LogP contribution in [-0.2, 0) is 13.0 Å². The maximum absolute atomic E-state index is 5.99. The van der Waals surface area contributed by atoms with Gasteiger partial charge in [0.05, 0.1) is 7.11 Å². The van der Waals surface area contributed by atoms with E-state index in [1.54, 1.807) is 7.11 Å². The Hall–Kier alpha value is -2.00. The maximum Gasteiger partial charge on any atom is 0.161 e. The summed E-state index contributed by atoms with van der Waals surface area (Å²) in [6, 6.07) is 14.6. The van der Waals surface area contributed by atoms with Crippen LogP contribution in [0.3, 0.4) is 0 Å². The van der Waals surface area contributed by atoms with Gasteiger partial charge in [0.25, 0.3) is 0 Å². The van der Waals surface area contributed by atoms with Gasteiger partial charge in [0.15, 0.2) is 11.5 Å². The molecule has 124 valence electrons. The molecule has 3 nitrogen and oxygen atoms in total. The highest BCUT2D eigenvalue weighted by atomic mass is 16.5. The molecule has 0 aliphatic heterocycles. The van der Waals surface area contributed by atoms with Gasteiger partial charge in [-0.15, -0.1) is 0 Å². The number of hydrogen-bond donors (Lipinski definition) is 0. The van der Waals surface area contributed by atoms with Gasteiger partial charge < -0.3 is 14.4 Å². The maximum atomic E-state index is 5.99. The summed E-state index contributed by atoms with van der Waals surface area (Å²) >= 11 is 0. The monoisotopic (exact) mass is 313 g/mol. The second-order valence-corrected chi connectivity index (χ2v) is 6.17. The molecule has 2 aromatic carbocycles.